The predicted octanol–water partition coefficient (Wildman–Crippen LogP) is 4.97. The van der Waals surface area contributed by atoms with E-state index in [2.05, 4.69) is 4.98 Å². The molecule has 2 N–H and O–H groups in total. The first-order chi connectivity index (χ1) is 12.7. The molecule has 1 aromatic rings. The van der Waals surface area contributed by atoms with E-state index >= 15 is 4.39 Å². The van der Waals surface area contributed by atoms with Crippen molar-refractivity contribution in [3.05, 3.63) is 53.4 Å². The maximum atomic E-state index is 15.2. The third-order valence-electron chi connectivity index (χ3n) is 5.30. The van der Waals surface area contributed by atoms with Crippen LogP contribution in [0.3, 0.4) is 0 Å². The molecule has 1 aliphatic carbocycles. The second-order valence-corrected chi connectivity index (χ2v) is 8.40. The summed E-state index contributed by atoms with van der Waals surface area (Å²) in [5.41, 5.74) is 3.96. The number of pyridine rings is 1. The molecular formula is C21H28F4N2O. The van der Waals surface area contributed by atoms with Crippen LogP contribution in [-0.2, 0) is 11.2 Å². The van der Waals surface area contributed by atoms with Gasteiger partial charge in [0.1, 0.15) is 5.54 Å². The summed E-state index contributed by atoms with van der Waals surface area (Å²) >= 11 is 0. The number of aryl methyl sites for hydroxylation is 2. The number of hydrogen-bond acceptors (Lipinski definition) is 3. The van der Waals surface area contributed by atoms with Gasteiger partial charge in [-0.2, -0.15) is 13.2 Å². The molecule has 0 saturated carbocycles. The molecular weight excluding hydrogens is 372 g/mol. The van der Waals surface area contributed by atoms with Crippen molar-refractivity contribution in [3.8, 4) is 0 Å². The minimum atomic E-state index is -4.69. The van der Waals surface area contributed by atoms with Gasteiger partial charge in [0.05, 0.1) is 0 Å². The molecule has 0 bridgehead atoms. The zero-order chi connectivity index (χ0) is 21.4. The van der Waals surface area contributed by atoms with Crippen molar-refractivity contribution in [3.63, 3.8) is 0 Å². The van der Waals surface area contributed by atoms with E-state index in [9.17, 15) is 13.2 Å². The van der Waals surface area contributed by atoms with Gasteiger partial charge in [0, 0.05) is 30.8 Å². The van der Waals surface area contributed by atoms with Crippen molar-refractivity contribution in [2.45, 2.75) is 58.1 Å². The van der Waals surface area contributed by atoms with Gasteiger partial charge in [-0.15, -0.1) is 0 Å². The normalized spacial score (nSPS) is 25.0. The van der Waals surface area contributed by atoms with Crippen LogP contribution in [0, 0.1) is 25.2 Å². The first-order valence-corrected chi connectivity index (χ1v) is 9.12. The van der Waals surface area contributed by atoms with Gasteiger partial charge in [-0.3, -0.25) is 4.98 Å². The highest BCUT2D eigenvalue weighted by Gasteiger charge is 2.57. The summed E-state index contributed by atoms with van der Waals surface area (Å²) in [6.45, 7) is 6.68. The molecule has 0 spiro atoms. The molecule has 3 nitrogen and oxygen atoms in total. The molecule has 0 radical (unpaired) electrons. The van der Waals surface area contributed by atoms with Crippen molar-refractivity contribution in [2.24, 2.45) is 17.1 Å². The molecule has 2 rings (SSSR count). The van der Waals surface area contributed by atoms with Crippen molar-refractivity contribution >= 4 is 0 Å². The van der Waals surface area contributed by atoms with Crippen LogP contribution >= 0.6 is 0 Å². The molecule has 0 saturated heterocycles. The van der Waals surface area contributed by atoms with E-state index in [0.29, 0.717) is 5.69 Å². The highest BCUT2D eigenvalue weighted by Crippen LogP contribution is 2.49. The van der Waals surface area contributed by atoms with Crippen LogP contribution < -0.4 is 5.73 Å². The fraction of sp³-hybridized carbons (Fsp3) is 0.571. The largest absolute Gasteiger partial charge is 0.406 e. The highest BCUT2D eigenvalue weighted by atomic mass is 19.4. The number of alkyl halides is 4. The van der Waals surface area contributed by atoms with Gasteiger partial charge >= 0.3 is 6.18 Å². The lowest BCUT2D eigenvalue weighted by Crippen LogP contribution is -2.59. The Morgan fingerprint density at radius 2 is 1.82 bits per heavy atom. The van der Waals surface area contributed by atoms with Gasteiger partial charge < -0.3 is 10.5 Å². The second kappa shape index (κ2) is 7.59. The number of hydrogen-bond donors (Lipinski definition) is 1. The molecule has 7 heteroatoms. The number of allylic oxidation sites excluding steroid dienone is 2. The number of halogens is 4. The number of aromatic nitrogens is 1. The van der Waals surface area contributed by atoms with Gasteiger partial charge in [-0.25, -0.2) is 4.39 Å². The molecule has 0 fully saturated rings. The number of nitrogens with two attached hydrogens (primary N) is 1. The lowest BCUT2D eigenvalue weighted by Gasteiger charge is -2.45. The maximum Gasteiger partial charge on any atom is 0.406 e. The molecule has 0 amide bonds. The first-order valence-electron chi connectivity index (χ1n) is 9.12. The van der Waals surface area contributed by atoms with E-state index in [1.807, 2.05) is 0 Å². The zero-order valence-corrected chi connectivity index (χ0v) is 16.9. The summed E-state index contributed by atoms with van der Waals surface area (Å²) in [6.07, 6.45) is 0.183. The lowest BCUT2D eigenvalue weighted by atomic mass is 9.65. The summed E-state index contributed by atoms with van der Waals surface area (Å²) < 4.78 is 62.3. The van der Waals surface area contributed by atoms with Crippen LogP contribution in [-0.4, -0.2) is 29.7 Å². The Morgan fingerprint density at radius 3 is 2.36 bits per heavy atom. The van der Waals surface area contributed by atoms with Gasteiger partial charge in [-0.05, 0) is 49.5 Å². The average molecular weight is 400 g/mol. The summed E-state index contributed by atoms with van der Waals surface area (Å²) in [6, 6.07) is 3.39. The van der Waals surface area contributed by atoms with Crippen LogP contribution in [0.1, 0.15) is 37.2 Å². The van der Waals surface area contributed by atoms with Crippen molar-refractivity contribution in [1.82, 2.24) is 4.98 Å². The van der Waals surface area contributed by atoms with Gasteiger partial charge in [-0.1, -0.05) is 32.1 Å². The zero-order valence-electron chi connectivity index (χ0n) is 16.9. The smallest absolute Gasteiger partial charge is 0.346 e. The van der Waals surface area contributed by atoms with Crippen LogP contribution in [0.4, 0.5) is 17.6 Å². The van der Waals surface area contributed by atoms with E-state index in [-0.39, 0.29) is 5.69 Å². The summed E-state index contributed by atoms with van der Waals surface area (Å²) in [7, 11) is 1.20. The van der Waals surface area contributed by atoms with Crippen molar-refractivity contribution in [2.75, 3.05) is 7.11 Å². The average Bonchev–Trinajstić information content (AvgIpc) is 2.52. The minimum Gasteiger partial charge on any atom is -0.346 e. The SMILES string of the molecule is COC1(F)C=CC=CC1C(C)(C)CC(N)(Cc1cc(C)cc(C)n1)C(F)(F)F. The molecule has 1 heterocycles. The molecule has 0 aromatic carbocycles. The standard InChI is InChI=1S/C21H28F4N2O/c1-14-10-15(2)27-16(11-14)12-19(26,21(23,24)25)13-18(3,4)17-8-6-7-9-20(17,22)28-5/h6-11,17H,12-13,26H2,1-5H3. The highest BCUT2D eigenvalue weighted by molar-refractivity contribution is 5.24. The molecule has 0 aliphatic heterocycles. The van der Waals surface area contributed by atoms with Gasteiger partial charge in [0.25, 0.3) is 0 Å². The van der Waals surface area contributed by atoms with Gasteiger partial charge in [0.2, 0.25) is 5.85 Å². The summed E-state index contributed by atoms with van der Waals surface area (Å²) in [5, 5.41) is 0. The Bertz CT molecular complexity index is 752. The lowest BCUT2D eigenvalue weighted by molar-refractivity contribution is -0.203. The van der Waals surface area contributed by atoms with E-state index in [4.69, 9.17) is 10.5 Å². The van der Waals surface area contributed by atoms with E-state index in [1.54, 1.807) is 45.9 Å². The van der Waals surface area contributed by atoms with Crippen LogP contribution in [0.15, 0.2) is 36.4 Å². The molecule has 3 unspecified atom stereocenters. The van der Waals surface area contributed by atoms with Crippen LogP contribution in [0.25, 0.3) is 0 Å². The van der Waals surface area contributed by atoms with E-state index in [0.717, 1.165) is 5.56 Å². The fourth-order valence-electron chi connectivity index (χ4n) is 4.11. The second-order valence-electron chi connectivity index (χ2n) is 8.40. The number of nitrogens with zero attached hydrogens (tertiary/aromatic N) is 1. The van der Waals surface area contributed by atoms with Crippen LogP contribution in [0.5, 0.6) is 0 Å². The molecule has 28 heavy (non-hydrogen) atoms. The quantitative estimate of drug-likeness (QED) is 0.686. The topological polar surface area (TPSA) is 48.1 Å². The monoisotopic (exact) mass is 400 g/mol. The Morgan fingerprint density at radius 1 is 1.18 bits per heavy atom. The fourth-order valence-corrected chi connectivity index (χ4v) is 4.11. The van der Waals surface area contributed by atoms with Crippen LogP contribution in [0.2, 0.25) is 0 Å². The van der Waals surface area contributed by atoms with Crippen molar-refractivity contribution in [1.29, 1.82) is 0 Å². The number of rotatable bonds is 6. The number of methoxy groups -OCH3 is 1. The summed E-state index contributed by atoms with van der Waals surface area (Å²) in [4.78, 5) is 4.22. The molecule has 156 valence electrons. The Labute approximate surface area is 163 Å². The third kappa shape index (κ3) is 4.63. The Kier molecular flexibility index (Phi) is 6.12. The molecule has 3 atom stereocenters. The summed E-state index contributed by atoms with van der Waals surface area (Å²) in [5.74, 6) is -3.12. The Balaban J connectivity index is 2.40. The third-order valence-corrected chi connectivity index (χ3v) is 5.30. The first kappa shape index (κ1) is 22.6. The number of ether oxygens (including phenoxy) is 1. The van der Waals surface area contributed by atoms with E-state index < -0.39 is 41.7 Å². The molecule has 1 aliphatic rings. The van der Waals surface area contributed by atoms with E-state index in [1.165, 1.54) is 25.3 Å². The van der Waals surface area contributed by atoms with Crippen molar-refractivity contribution < 1.29 is 22.3 Å². The minimum absolute atomic E-state index is 0.269. The molecule has 1 aromatic heterocycles. The maximum absolute atomic E-state index is 15.2. The predicted molar refractivity (Wildman–Crippen MR) is 101 cm³/mol. The Hall–Kier alpha value is -1.73. The van der Waals surface area contributed by atoms with Gasteiger partial charge in [0.15, 0.2) is 0 Å².